The Kier molecular flexibility index (Phi) is 6.18. The summed E-state index contributed by atoms with van der Waals surface area (Å²) in [5.74, 6) is 0.0351. The lowest BCUT2D eigenvalue weighted by atomic mass is 10.3. The van der Waals surface area contributed by atoms with Crippen LogP contribution < -0.4 is 10.6 Å². The Hall–Kier alpha value is -1.42. The van der Waals surface area contributed by atoms with Gasteiger partial charge in [-0.25, -0.2) is 0 Å². The molecule has 1 rings (SSSR count). The zero-order valence-electron chi connectivity index (χ0n) is 9.70. The van der Waals surface area contributed by atoms with Gasteiger partial charge in [-0.1, -0.05) is 13.3 Å². The Morgan fingerprint density at radius 2 is 2.12 bits per heavy atom. The minimum Gasteiger partial charge on any atom is -0.351 e. The highest BCUT2D eigenvalue weighted by Crippen LogP contribution is 1.94. The number of nitrogens with one attached hydrogen (secondary N) is 2. The fraction of sp³-hybridized carbons (Fsp3) is 0.500. The van der Waals surface area contributed by atoms with Crippen molar-refractivity contribution in [3.8, 4) is 0 Å². The Morgan fingerprint density at radius 3 is 2.81 bits per heavy atom. The molecular formula is C12H19N3O. The van der Waals surface area contributed by atoms with Crippen LogP contribution in [0.15, 0.2) is 24.5 Å². The number of carbonyl (C=O) groups excluding carboxylic acids is 1. The second-order valence-electron chi connectivity index (χ2n) is 3.66. The predicted molar refractivity (Wildman–Crippen MR) is 63.9 cm³/mol. The molecule has 0 atom stereocenters. The Balaban J connectivity index is 2.11. The average Bonchev–Trinajstić information content (AvgIpc) is 2.33. The zero-order chi connectivity index (χ0) is 11.6. The molecule has 1 aromatic rings. The van der Waals surface area contributed by atoms with Crippen LogP contribution in [0.4, 0.5) is 0 Å². The number of amides is 1. The van der Waals surface area contributed by atoms with E-state index in [4.69, 9.17) is 0 Å². The highest BCUT2D eigenvalue weighted by Gasteiger charge is 1.99. The van der Waals surface area contributed by atoms with Crippen molar-refractivity contribution in [2.45, 2.75) is 26.3 Å². The van der Waals surface area contributed by atoms with Crippen LogP contribution in [0.5, 0.6) is 0 Å². The van der Waals surface area contributed by atoms with E-state index in [9.17, 15) is 4.79 Å². The van der Waals surface area contributed by atoms with E-state index in [0.29, 0.717) is 13.1 Å². The van der Waals surface area contributed by atoms with Gasteiger partial charge in [0, 0.05) is 18.9 Å². The fourth-order valence-electron chi connectivity index (χ4n) is 1.27. The number of rotatable bonds is 7. The number of nitrogens with zero attached hydrogens (tertiary/aromatic N) is 1. The molecular weight excluding hydrogens is 202 g/mol. The normalized spacial score (nSPS) is 10.1. The number of aromatic nitrogens is 1. The van der Waals surface area contributed by atoms with E-state index < -0.39 is 0 Å². The van der Waals surface area contributed by atoms with Crippen LogP contribution in [0.25, 0.3) is 0 Å². The molecule has 0 aliphatic carbocycles. The summed E-state index contributed by atoms with van der Waals surface area (Å²) in [6, 6.07) is 3.79. The first-order valence-electron chi connectivity index (χ1n) is 5.69. The number of hydrogen-bond donors (Lipinski definition) is 2. The molecule has 16 heavy (non-hydrogen) atoms. The second-order valence-corrected chi connectivity index (χ2v) is 3.66. The lowest BCUT2D eigenvalue weighted by Crippen LogP contribution is -2.33. The third kappa shape index (κ3) is 5.46. The van der Waals surface area contributed by atoms with Gasteiger partial charge in [0.2, 0.25) is 5.91 Å². The summed E-state index contributed by atoms with van der Waals surface area (Å²) in [4.78, 5) is 15.3. The largest absolute Gasteiger partial charge is 0.351 e. The van der Waals surface area contributed by atoms with Crippen molar-refractivity contribution in [2.24, 2.45) is 0 Å². The van der Waals surface area contributed by atoms with E-state index in [0.717, 1.165) is 24.9 Å². The van der Waals surface area contributed by atoms with Crippen LogP contribution in [0.2, 0.25) is 0 Å². The Morgan fingerprint density at radius 1 is 1.38 bits per heavy atom. The molecule has 0 aliphatic heterocycles. The topological polar surface area (TPSA) is 54.0 Å². The van der Waals surface area contributed by atoms with Gasteiger partial charge in [0.1, 0.15) is 0 Å². The quantitative estimate of drug-likeness (QED) is 0.678. The van der Waals surface area contributed by atoms with E-state index in [-0.39, 0.29) is 5.91 Å². The minimum absolute atomic E-state index is 0.0351. The van der Waals surface area contributed by atoms with Crippen LogP contribution in [-0.2, 0) is 11.3 Å². The summed E-state index contributed by atoms with van der Waals surface area (Å²) in [7, 11) is 0. The molecule has 0 aromatic carbocycles. The van der Waals surface area contributed by atoms with Gasteiger partial charge in [-0.15, -0.1) is 0 Å². The molecule has 0 spiro atoms. The monoisotopic (exact) mass is 221 g/mol. The summed E-state index contributed by atoms with van der Waals surface area (Å²) >= 11 is 0. The van der Waals surface area contributed by atoms with Crippen molar-refractivity contribution in [1.82, 2.24) is 15.6 Å². The summed E-state index contributed by atoms with van der Waals surface area (Å²) in [6.07, 6.45) is 5.70. The van der Waals surface area contributed by atoms with Gasteiger partial charge in [-0.2, -0.15) is 0 Å². The van der Waals surface area contributed by atoms with Gasteiger partial charge in [-0.3, -0.25) is 9.78 Å². The molecule has 4 nitrogen and oxygen atoms in total. The van der Waals surface area contributed by atoms with Crippen LogP contribution >= 0.6 is 0 Å². The molecule has 0 saturated carbocycles. The highest BCUT2D eigenvalue weighted by molar-refractivity contribution is 5.77. The summed E-state index contributed by atoms with van der Waals surface area (Å²) in [5, 5.41) is 5.94. The molecule has 2 N–H and O–H groups in total. The van der Waals surface area contributed by atoms with Crippen molar-refractivity contribution in [2.75, 3.05) is 13.1 Å². The first kappa shape index (κ1) is 12.6. The maximum atomic E-state index is 11.4. The molecule has 0 radical (unpaired) electrons. The first-order valence-corrected chi connectivity index (χ1v) is 5.69. The van der Waals surface area contributed by atoms with Gasteiger partial charge in [0.15, 0.2) is 0 Å². The Labute approximate surface area is 96.5 Å². The van der Waals surface area contributed by atoms with Crippen molar-refractivity contribution in [3.05, 3.63) is 30.1 Å². The van der Waals surface area contributed by atoms with E-state index in [2.05, 4.69) is 22.5 Å². The van der Waals surface area contributed by atoms with E-state index in [1.54, 1.807) is 12.4 Å². The van der Waals surface area contributed by atoms with Gasteiger partial charge < -0.3 is 10.6 Å². The standard InChI is InChI=1S/C12H19N3O/c1-2-3-6-14-10-12(16)15-9-11-4-7-13-8-5-11/h4-5,7-8,14H,2-3,6,9-10H2,1H3,(H,15,16). The number of hydrogen-bond acceptors (Lipinski definition) is 3. The average molecular weight is 221 g/mol. The fourth-order valence-corrected chi connectivity index (χ4v) is 1.27. The Bertz CT molecular complexity index is 300. The maximum absolute atomic E-state index is 11.4. The van der Waals surface area contributed by atoms with Gasteiger partial charge in [0.05, 0.1) is 6.54 Å². The zero-order valence-corrected chi connectivity index (χ0v) is 9.70. The van der Waals surface area contributed by atoms with Gasteiger partial charge in [-0.05, 0) is 30.7 Å². The van der Waals surface area contributed by atoms with Crippen molar-refractivity contribution in [3.63, 3.8) is 0 Å². The van der Waals surface area contributed by atoms with Crippen molar-refractivity contribution < 1.29 is 4.79 Å². The summed E-state index contributed by atoms with van der Waals surface area (Å²) < 4.78 is 0. The van der Waals surface area contributed by atoms with Gasteiger partial charge >= 0.3 is 0 Å². The highest BCUT2D eigenvalue weighted by atomic mass is 16.1. The molecule has 0 aliphatic rings. The minimum atomic E-state index is 0.0351. The van der Waals surface area contributed by atoms with Crippen LogP contribution in [0, 0.1) is 0 Å². The molecule has 0 saturated heterocycles. The van der Waals surface area contributed by atoms with E-state index >= 15 is 0 Å². The maximum Gasteiger partial charge on any atom is 0.234 e. The molecule has 1 heterocycles. The molecule has 4 heteroatoms. The lowest BCUT2D eigenvalue weighted by molar-refractivity contribution is -0.120. The first-order chi connectivity index (χ1) is 7.83. The number of pyridine rings is 1. The molecule has 0 bridgehead atoms. The van der Waals surface area contributed by atoms with Gasteiger partial charge in [0.25, 0.3) is 0 Å². The molecule has 0 unspecified atom stereocenters. The molecule has 0 fully saturated rings. The predicted octanol–water partition coefficient (Wildman–Crippen LogP) is 1.09. The van der Waals surface area contributed by atoms with Crippen LogP contribution in [0.1, 0.15) is 25.3 Å². The van der Waals surface area contributed by atoms with Crippen LogP contribution in [0.3, 0.4) is 0 Å². The van der Waals surface area contributed by atoms with Crippen molar-refractivity contribution in [1.29, 1.82) is 0 Å². The van der Waals surface area contributed by atoms with Crippen LogP contribution in [-0.4, -0.2) is 24.0 Å². The SMILES string of the molecule is CCCCNCC(=O)NCc1ccncc1. The third-order valence-electron chi connectivity index (χ3n) is 2.23. The second kappa shape index (κ2) is 7.82. The number of carbonyl (C=O) groups is 1. The smallest absolute Gasteiger partial charge is 0.234 e. The molecule has 1 amide bonds. The van der Waals surface area contributed by atoms with E-state index in [1.807, 2.05) is 12.1 Å². The number of unbranched alkanes of at least 4 members (excludes halogenated alkanes) is 1. The van der Waals surface area contributed by atoms with E-state index in [1.165, 1.54) is 0 Å². The summed E-state index contributed by atoms with van der Waals surface area (Å²) in [5.41, 5.74) is 1.07. The molecule has 88 valence electrons. The molecule has 1 aromatic heterocycles. The van der Waals surface area contributed by atoms with Crippen molar-refractivity contribution >= 4 is 5.91 Å². The third-order valence-corrected chi connectivity index (χ3v) is 2.23. The lowest BCUT2D eigenvalue weighted by Gasteiger charge is -2.06. The summed E-state index contributed by atoms with van der Waals surface area (Å²) in [6.45, 7) is 3.99.